The quantitative estimate of drug-likeness (QED) is 0.345. The highest BCUT2D eigenvalue weighted by Crippen LogP contribution is 2.18. The Bertz CT molecular complexity index is 322. The van der Waals surface area contributed by atoms with Gasteiger partial charge in [-0.2, -0.15) is 5.10 Å². The van der Waals surface area contributed by atoms with Crippen molar-refractivity contribution in [3.63, 3.8) is 0 Å². The fraction of sp³-hybridized carbons (Fsp3) is 0.750. The molecule has 0 aromatic carbocycles. The second-order valence-corrected chi connectivity index (χ2v) is 5.91. The van der Waals surface area contributed by atoms with E-state index in [9.17, 15) is 4.79 Å². The molecule has 4 nitrogen and oxygen atoms in total. The van der Waals surface area contributed by atoms with Crippen molar-refractivity contribution in [2.45, 2.75) is 39.0 Å². The first-order chi connectivity index (χ1) is 8.76. The average molecular weight is 288 g/mol. The van der Waals surface area contributed by atoms with E-state index >= 15 is 0 Å². The summed E-state index contributed by atoms with van der Waals surface area (Å²) in [7, 11) is 0. The molecule has 1 fully saturated rings. The maximum atomic E-state index is 11.2. The van der Waals surface area contributed by atoms with Crippen LogP contribution >= 0.6 is 23.5 Å². The number of carbonyl (C=O) groups excluding carboxylic acids is 1. The van der Waals surface area contributed by atoms with E-state index < -0.39 is 0 Å². The van der Waals surface area contributed by atoms with E-state index in [4.69, 9.17) is 4.74 Å². The molecule has 0 aromatic rings. The van der Waals surface area contributed by atoms with Gasteiger partial charge in [-0.25, -0.2) is 0 Å². The second kappa shape index (κ2) is 9.44. The molecule has 6 heteroatoms. The Morgan fingerprint density at radius 2 is 2.06 bits per heavy atom. The third-order valence-electron chi connectivity index (χ3n) is 2.50. The third kappa shape index (κ3) is 6.44. The van der Waals surface area contributed by atoms with Gasteiger partial charge < -0.3 is 4.74 Å². The van der Waals surface area contributed by atoms with Crippen LogP contribution in [0.25, 0.3) is 0 Å². The zero-order valence-electron chi connectivity index (χ0n) is 11.0. The maximum Gasteiger partial charge on any atom is 0.316 e. The lowest BCUT2D eigenvalue weighted by molar-refractivity contribution is -0.139. The smallest absolute Gasteiger partial charge is 0.316 e. The number of esters is 1. The predicted molar refractivity (Wildman–Crippen MR) is 80.6 cm³/mol. The van der Waals surface area contributed by atoms with Crippen LogP contribution in [0.5, 0.6) is 0 Å². The summed E-state index contributed by atoms with van der Waals surface area (Å²) in [6, 6.07) is 0. The number of rotatable bonds is 4. The standard InChI is InChI=1S/C12H20N2O2S2/c1-3-16-11(15)9-18-12(17-2)14-13-10-7-5-4-6-8-10/h3-9H2,1-2H3/b14-12-. The van der Waals surface area contributed by atoms with E-state index in [0.717, 1.165) is 17.2 Å². The van der Waals surface area contributed by atoms with Gasteiger partial charge in [0, 0.05) is 5.71 Å². The monoisotopic (exact) mass is 288 g/mol. The highest BCUT2D eigenvalue weighted by molar-refractivity contribution is 8.38. The number of thioether (sulfide) groups is 2. The Kier molecular flexibility index (Phi) is 8.17. The van der Waals surface area contributed by atoms with Gasteiger partial charge in [0.25, 0.3) is 0 Å². The fourth-order valence-electron chi connectivity index (χ4n) is 1.62. The van der Waals surface area contributed by atoms with Crippen LogP contribution in [-0.4, -0.2) is 34.7 Å². The molecule has 0 atom stereocenters. The van der Waals surface area contributed by atoms with Crippen molar-refractivity contribution in [2.24, 2.45) is 10.2 Å². The van der Waals surface area contributed by atoms with E-state index in [1.54, 1.807) is 6.92 Å². The first kappa shape index (κ1) is 15.6. The summed E-state index contributed by atoms with van der Waals surface area (Å²) in [4.78, 5) is 11.2. The zero-order valence-corrected chi connectivity index (χ0v) is 12.6. The third-order valence-corrected chi connectivity index (χ3v) is 4.49. The van der Waals surface area contributed by atoms with Crippen molar-refractivity contribution in [2.75, 3.05) is 18.6 Å². The van der Waals surface area contributed by atoms with Crippen LogP contribution in [0.15, 0.2) is 10.2 Å². The highest BCUT2D eigenvalue weighted by atomic mass is 32.2. The van der Waals surface area contributed by atoms with Crippen LogP contribution in [0.3, 0.4) is 0 Å². The van der Waals surface area contributed by atoms with E-state index in [-0.39, 0.29) is 5.97 Å². The molecule has 1 saturated carbocycles. The van der Waals surface area contributed by atoms with Crippen LogP contribution in [0, 0.1) is 0 Å². The summed E-state index contributed by atoms with van der Waals surface area (Å²) in [5, 5.41) is 8.51. The van der Waals surface area contributed by atoms with E-state index in [2.05, 4.69) is 10.2 Å². The van der Waals surface area contributed by atoms with E-state index in [0.29, 0.717) is 12.4 Å². The first-order valence-electron chi connectivity index (χ1n) is 6.22. The normalized spacial score (nSPS) is 16.6. The van der Waals surface area contributed by atoms with Crippen molar-refractivity contribution < 1.29 is 9.53 Å². The van der Waals surface area contributed by atoms with Crippen LogP contribution in [0.2, 0.25) is 0 Å². The molecule has 0 aromatic heterocycles. The molecule has 0 heterocycles. The molecule has 0 aliphatic heterocycles. The minimum Gasteiger partial charge on any atom is -0.465 e. The molecule has 0 N–H and O–H groups in total. The molecule has 0 unspecified atom stereocenters. The highest BCUT2D eigenvalue weighted by Gasteiger charge is 2.08. The van der Waals surface area contributed by atoms with Gasteiger partial charge in [0.1, 0.15) is 0 Å². The molecule has 0 radical (unpaired) electrons. The number of carbonyl (C=O) groups is 1. The summed E-state index contributed by atoms with van der Waals surface area (Å²) in [5.41, 5.74) is 1.18. The molecule has 18 heavy (non-hydrogen) atoms. The lowest BCUT2D eigenvalue weighted by atomic mass is 9.99. The van der Waals surface area contributed by atoms with Gasteiger partial charge in [-0.3, -0.25) is 4.79 Å². The van der Waals surface area contributed by atoms with Crippen LogP contribution in [-0.2, 0) is 9.53 Å². The first-order valence-corrected chi connectivity index (χ1v) is 8.43. The Morgan fingerprint density at radius 3 is 2.67 bits per heavy atom. The summed E-state index contributed by atoms with van der Waals surface area (Å²) < 4.78 is 5.69. The van der Waals surface area contributed by atoms with Crippen molar-refractivity contribution in [1.82, 2.24) is 0 Å². The maximum absolute atomic E-state index is 11.2. The lowest BCUT2D eigenvalue weighted by Crippen LogP contribution is -2.08. The molecule has 1 aliphatic carbocycles. The zero-order chi connectivity index (χ0) is 13.2. The number of nitrogens with zero attached hydrogens (tertiary/aromatic N) is 2. The topological polar surface area (TPSA) is 51.0 Å². The molecule has 0 bridgehead atoms. The number of hydrogen-bond acceptors (Lipinski definition) is 6. The van der Waals surface area contributed by atoms with Gasteiger partial charge in [-0.05, 0) is 38.9 Å². The van der Waals surface area contributed by atoms with Crippen molar-refractivity contribution in [3.05, 3.63) is 0 Å². The SMILES string of the molecule is CCOC(=O)CS/C(=N\N=C1CCCCC1)SC. The average Bonchev–Trinajstić information content (AvgIpc) is 2.40. The van der Waals surface area contributed by atoms with Crippen molar-refractivity contribution >= 4 is 39.6 Å². The minimum atomic E-state index is -0.199. The molecular formula is C12H20N2O2S2. The van der Waals surface area contributed by atoms with Gasteiger partial charge in [-0.15, -0.1) is 16.9 Å². The Labute approximate surface area is 117 Å². The predicted octanol–water partition coefficient (Wildman–Crippen LogP) is 3.32. The van der Waals surface area contributed by atoms with E-state index in [1.807, 2.05) is 6.26 Å². The van der Waals surface area contributed by atoms with Gasteiger partial charge in [0.05, 0.1) is 12.4 Å². The van der Waals surface area contributed by atoms with Gasteiger partial charge in [0.15, 0.2) is 4.38 Å². The number of ether oxygens (including phenoxy) is 1. The lowest BCUT2D eigenvalue weighted by Gasteiger charge is -2.10. The van der Waals surface area contributed by atoms with Crippen LogP contribution in [0.4, 0.5) is 0 Å². The molecular weight excluding hydrogens is 268 g/mol. The molecule has 0 saturated heterocycles. The van der Waals surface area contributed by atoms with Crippen LogP contribution < -0.4 is 0 Å². The second-order valence-electron chi connectivity index (χ2n) is 3.89. The summed E-state index contributed by atoms with van der Waals surface area (Å²) in [5.74, 6) is 0.104. The Hall–Kier alpha value is -0.490. The largest absolute Gasteiger partial charge is 0.465 e. The van der Waals surface area contributed by atoms with Gasteiger partial charge in [0.2, 0.25) is 0 Å². The van der Waals surface area contributed by atoms with Gasteiger partial charge >= 0.3 is 5.97 Å². The minimum absolute atomic E-state index is 0.199. The van der Waals surface area contributed by atoms with Crippen molar-refractivity contribution in [1.29, 1.82) is 0 Å². The molecule has 102 valence electrons. The molecule has 1 aliphatic rings. The summed E-state index contributed by atoms with van der Waals surface area (Å²) in [6.07, 6.45) is 7.81. The summed E-state index contributed by atoms with van der Waals surface area (Å²) >= 11 is 2.91. The van der Waals surface area contributed by atoms with E-state index in [1.165, 1.54) is 48.5 Å². The Morgan fingerprint density at radius 1 is 1.33 bits per heavy atom. The molecule has 1 rings (SSSR count). The number of hydrogen-bond donors (Lipinski definition) is 0. The molecule has 0 amide bonds. The van der Waals surface area contributed by atoms with Gasteiger partial charge in [-0.1, -0.05) is 18.2 Å². The molecule has 0 spiro atoms. The van der Waals surface area contributed by atoms with Crippen molar-refractivity contribution in [3.8, 4) is 0 Å². The fourth-order valence-corrected chi connectivity index (χ4v) is 2.82. The Balaban J connectivity index is 2.41. The summed E-state index contributed by atoms with van der Waals surface area (Å²) in [6.45, 7) is 2.23. The van der Waals surface area contributed by atoms with Crippen LogP contribution in [0.1, 0.15) is 39.0 Å².